The number of benzene rings is 3. The van der Waals surface area contributed by atoms with Gasteiger partial charge in [-0.05, 0) is 47.7 Å². The van der Waals surface area contributed by atoms with Gasteiger partial charge in [0.2, 0.25) is 0 Å². The molecule has 0 saturated carbocycles. The topological polar surface area (TPSA) is 46.6 Å². The summed E-state index contributed by atoms with van der Waals surface area (Å²) in [5.74, 6) is -0.372. The summed E-state index contributed by atoms with van der Waals surface area (Å²) in [7, 11) is 0. The fraction of sp³-hybridized carbons (Fsp3) is 0.0833. The molecular formula is C24H16Cl2FNO3S. The molecule has 0 radical (unpaired) electrons. The minimum Gasteiger partial charge on any atom is -0.488 e. The number of thioether (sulfide) groups is 1. The molecule has 32 heavy (non-hydrogen) atoms. The van der Waals surface area contributed by atoms with Crippen molar-refractivity contribution in [2.45, 2.75) is 13.2 Å². The Bertz CT molecular complexity index is 1230. The van der Waals surface area contributed by atoms with Gasteiger partial charge in [-0.1, -0.05) is 65.7 Å². The molecule has 3 aromatic rings. The summed E-state index contributed by atoms with van der Waals surface area (Å²) in [5, 5.41) is 0.341. The molecule has 1 fully saturated rings. The van der Waals surface area contributed by atoms with Crippen LogP contribution in [0.5, 0.6) is 5.75 Å². The highest BCUT2D eigenvalue weighted by Crippen LogP contribution is 2.35. The van der Waals surface area contributed by atoms with Crippen LogP contribution >= 0.6 is 35.0 Å². The van der Waals surface area contributed by atoms with Crippen LogP contribution in [0.3, 0.4) is 0 Å². The number of halogens is 3. The van der Waals surface area contributed by atoms with Crippen molar-refractivity contribution in [2.75, 3.05) is 0 Å². The van der Waals surface area contributed by atoms with Gasteiger partial charge in [-0.3, -0.25) is 14.5 Å². The molecule has 162 valence electrons. The number of hydrogen-bond donors (Lipinski definition) is 0. The Labute approximate surface area is 198 Å². The lowest BCUT2D eigenvalue weighted by Crippen LogP contribution is -2.27. The summed E-state index contributed by atoms with van der Waals surface area (Å²) in [5.41, 5.74) is 1.98. The van der Waals surface area contributed by atoms with Gasteiger partial charge >= 0.3 is 0 Å². The fourth-order valence-electron chi connectivity index (χ4n) is 3.10. The molecule has 1 aliphatic rings. The summed E-state index contributed by atoms with van der Waals surface area (Å²) in [6, 6.07) is 18.4. The normalized spacial score (nSPS) is 15.0. The van der Waals surface area contributed by atoms with Crippen molar-refractivity contribution in [3.8, 4) is 5.75 Å². The number of imide groups is 1. The van der Waals surface area contributed by atoms with Gasteiger partial charge in [0.15, 0.2) is 0 Å². The predicted molar refractivity (Wildman–Crippen MR) is 125 cm³/mol. The van der Waals surface area contributed by atoms with Crippen molar-refractivity contribution in [1.82, 2.24) is 4.90 Å². The van der Waals surface area contributed by atoms with Crippen molar-refractivity contribution >= 4 is 52.2 Å². The largest absolute Gasteiger partial charge is 0.488 e. The van der Waals surface area contributed by atoms with E-state index in [-0.39, 0.29) is 23.1 Å². The Hall–Kier alpha value is -2.80. The number of amides is 2. The summed E-state index contributed by atoms with van der Waals surface area (Å²) >= 11 is 13.1. The smallest absolute Gasteiger partial charge is 0.293 e. The molecule has 8 heteroatoms. The SMILES string of the molecule is O=C1S/C(=C/c2ccccc2OCc2ccccc2Cl)C(=O)N1Cc1ccc(F)cc1Cl. The van der Waals surface area contributed by atoms with Gasteiger partial charge in [-0.2, -0.15) is 0 Å². The third kappa shape index (κ3) is 4.99. The Balaban J connectivity index is 1.53. The maximum Gasteiger partial charge on any atom is 0.293 e. The first-order valence-corrected chi connectivity index (χ1v) is 11.1. The molecule has 0 N–H and O–H groups in total. The average Bonchev–Trinajstić information content (AvgIpc) is 3.03. The first-order chi connectivity index (χ1) is 15.4. The van der Waals surface area contributed by atoms with E-state index in [0.717, 1.165) is 28.3 Å². The minimum atomic E-state index is -0.485. The van der Waals surface area contributed by atoms with E-state index in [0.29, 0.717) is 21.9 Å². The predicted octanol–water partition coefficient (Wildman–Crippen LogP) is 6.95. The fourth-order valence-corrected chi connectivity index (χ4v) is 4.35. The van der Waals surface area contributed by atoms with Crippen molar-refractivity contribution < 1.29 is 18.7 Å². The monoisotopic (exact) mass is 487 g/mol. The highest BCUT2D eigenvalue weighted by molar-refractivity contribution is 8.18. The highest BCUT2D eigenvalue weighted by atomic mass is 35.5. The number of para-hydroxylation sites is 1. The second-order valence-corrected chi connectivity index (χ2v) is 8.73. The van der Waals surface area contributed by atoms with Crippen LogP contribution in [-0.4, -0.2) is 16.0 Å². The van der Waals surface area contributed by atoms with Crippen LogP contribution in [0.4, 0.5) is 9.18 Å². The van der Waals surface area contributed by atoms with Gasteiger partial charge in [-0.15, -0.1) is 0 Å². The maximum absolute atomic E-state index is 13.3. The second-order valence-electron chi connectivity index (χ2n) is 6.92. The summed E-state index contributed by atoms with van der Waals surface area (Å²) < 4.78 is 19.2. The zero-order chi connectivity index (χ0) is 22.7. The number of hydrogen-bond acceptors (Lipinski definition) is 4. The molecule has 2 amide bonds. The van der Waals surface area contributed by atoms with Crippen LogP contribution in [-0.2, 0) is 17.9 Å². The van der Waals surface area contributed by atoms with E-state index in [1.807, 2.05) is 30.3 Å². The number of rotatable bonds is 6. The summed E-state index contributed by atoms with van der Waals surface area (Å²) in [6.07, 6.45) is 1.62. The first-order valence-electron chi connectivity index (χ1n) is 9.57. The zero-order valence-corrected chi connectivity index (χ0v) is 18.9. The number of carbonyl (C=O) groups excluding carboxylic acids is 2. The molecule has 1 aliphatic heterocycles. The van der Waals surface area contributed by atoms with Crippen LogP contribution in [0.15, 0.2) is 71.6 Å². The lowest BCUT2D eigenvalue weighted by molar-refractivity contribution is -0.123. The lowest BCUT2D eigenvalue weighted by atomic mass is 10.1. The van der Waals surface area contributed by atoms with Crippen molar-refractivity contribution in [2.24, 2.45) is 0 Å². The third-order valence-electron chi connectivity index (χ3n) is 4.76. The third-order valence-corrected chi connectivity index (χ3v) is 6.39. The molecule has 0 spiro atoms. The second kappa shape index (κ2) is 9.77. The van der Waals surface area contributed by atoms with Gasteiger partial charge in [0.05, 0.1) is 11.4 Å². The molecule has 0 aliphatic carbocycles. The maximum atomic E-state index is 13.3. The van der Waals surface area contributed by atoms with E-state index in [9.17, 15) is 14.0 Å². The van der Waals surface area contributed by atoms with Crippen molar-refractivity contribution in [1.29, 1.82) is 0 Å². The highest BCUT2D eigenvalue weighted by Gasteiger charge is 2.35. The molecule has 0 unspecified atom stereocenters. The Kier molecular flexibility index (Phi) is 6.84. The molecule has 4 nitrogen and oxygen atoms in total. The van der Waals surface area contributed by atoms with E-state index in [4.69, 9.17) is 27.9 Å². The molecule has 0 bridgehead atoms. The molecule has 4 rings (SSSR count). The van der Waals surface area contributed by atoms with Crippen LogP contribution in [0, 0.1) is 5.82 Å². The number of carbonyl (C=O) groups is 2. The van der Waals surface area contributed by atoms with Gasteiger partial charge < -0.3 is 4.74 Å². The van der Waals surface area contributed by atoms with Crippen LogP contribution in [0.1, 0.15) is 16.7 Å². The molecule has 0 aromatic heterocycles. The van der Waals surface area contributed by atoms with Crippen LogP contribution < -0.4 is 4.74 Å². The first kappa shape index (κ1) is 22.4. The van der Waals surface area contributed by atoms with Gasteiger partial charge in [0.25, 0.3) is 11.1 Å². The van der Waals surface area contributed by atoms with E-state index >= 15 is 0 Å². The summed E-state index contributed by atoms with van der Waals surface area (Å²) in [4.78, 5) is 26.7. The van der Waals surface area contributed by atoms with E-state index in [2.05, 4.69) is 0 Å². The lowest BCUT2D eigenvalue weighted by Gasteiger charge is -2.13. The van der Waals surface area contributed by atoms with Gasteiger partial charge in [0, 0.05) is 21.2 Å². The molecule has 1 heterocycles. The quantitative estimate of drug-likeness (QED) is 0.353. The summed E-state index contributed by atoms with van der Waals surface area (Å²) in [6.45, 7) is 0.223. The molecular weight excluding hydrogens is 472 g/mol. The van der Waals surface area contributed by atoms with Crippen molar-refractivity contribution in [3.05, 3.63) is 104 Å². The van der Waals surface area contributed by atoms with E-state index < -0.39 is 17.0 Å². The number of ether oxygens (including phenoxy) is 1. The van der Waals surface area contributed by atoms with Gasteiger partial charge in [-0.25, -0.2) is 4.39 Å². The van der Waals surface area contributed by atoms with Crippen LogP contribution in [0.2, 0.25) is 10.0 Å². The average molecular weight is 488 g/mol. The van der Waals surface area contributed by atoms with Gasteiger partial charge in [0.1, 0.15) is 18.2 Å². The molecule has 3 aromatic carbocycles. The van der Waals surface area contributed by atoms with E-state index in [1.54, 1.807) is 24.3 Å². The Morgan fingerprint density at radius 2 is 1.69 bits per heavy atom. The standard InChI is InChI=1S/C24H16Cl2FNO3S/c25-19-7-3-1-6-17(19)14-31-21-8-4-2-5-15(21)11-22-23(29)28(24(30)32-22)13-16-9-10-18(27)12-20(16)26/h1-12H,13-14H2/b22-11+. The van der Waals surface area contributed by atoms with Crippen molar-refractivity contribution in [3.63, 3.8) is 0 Å². The Morgan fingerprint density at radius 3 is 2.47 bits per heavy atom. The van der Waals surface area contributed by atoms with Crippen LogP contribution in [0.25, 0.3) is 6.08 Å². The number of nitrogens with zero attached hydrogens (tertiary/aromatic N) is 1. The Morgan fingerprint density at radius 1 is 0.938 bits per heavy atom. The molecule has 1 saturated heterocycles. The zero-order valence-electron chi connectivity index (χ0n) is 16.6. The molecule has 0 atom stereocenters. The minimum absolute atomic E-state index is 0.0359. The van der Waals surface area contributed by atoms with E-state index in [1.165, 1.54) is 12.1 Å².